The number of aliphatic hydroxyl groups is 1. The summed E-state index contributed by atoms with van der Waals surface area (Å²) in [5, 5.41) is 12.1. The summed E-state index contributed by atoms with van der Waals surface area (Å²) in [6.07, 6.45) is 1.57. The van der Waals surface area contributed by atoms with Gasteiger partial charge < -0.3 is 10.4 Å². The monoisotopic (exact) mass is 193 g/mol. The van der Waals surface area contributed by atoms with Crippen LogP contribution in [0.2, 0.25) is 0 Å². The lowest BCUT2D eigenvalue weighted by atomic mass is 10.2. The standard InChI is InChI=1S/C8H16FNOS/c9-4-8(11)5-10-7-2-1-3-12-6-7/h7-8,10-11H,1-6H2. The molecule has 0 aromatic carbocycles. The van der Waals surface area contributed by atoms with E-state index in [0.717, 1.165) is 12.2 Å². The lowest BCUT2D eigenvalue weighted by molar-refractivity contribution is 0.134. The van der Waals surface area contributed by atoms with Gasteiger partial charge in [0.15, 0.2) is 0 Å². The second-order valence-electron chi connectivity index (χ2n) is 3.13. The molecule has 0 saturated carbocycles. The smallest absolute Gasteiger partial charge is 0.117 e. The predicted octanol–water partition coefficient (Wildman–Crippen LogP) is 0.802. The minimum Gasteiger partial charge on any atom is -0.389 e. The Bertz CT molecular complexity index is 120. The highest BCUT2D eigenvalue weighted by Crippen LogP contribution is 2.16. The average molecular weight is 193 g/mol. The molecule has 1 aliphatic rings. The van der Waals surface area contributed by atoms with Crippen molar-refractivity contribution in [3.05, 3.63) is 0 Å². The van der Waals surface area contributed by atoms with Gasteiger partial charge in [-0.25, -0.2) is 4.39 Å². The van der Waals surface area contributed by atoms with Gasteiger partial charge in [-0.1, -0.05) is 0 Å². The van der Waals surface area contributed by atoms with Crippen molar-refractivity contribution in [1.29, 1.82) is 0 Å². The van der Waals surface area contributed by atoms with E-state index in [9.17, 15) is 4.39 Å². The minimum absolute atomic E-state index is 0.391. The Hall–Kier alpha value is 0.200. The summed E-state index contributed by atoms with van der Waals surface area (Å²) in [4.78, 5) is 0. The number of halogens is 1. The summed E-state index contributed by atoms with van der Waals surface area (Å²) < 4.78 is 11.8. The van der Waals surface area contributed by atoms with Crippen molar-refractivity contribution < 1.29 is 9.50 Å². The molecule has 1 rings (SSSR count). The number of hydrogen-bond donors (Lipinski definition) is 2. The number of hydrogen-bond acceptors (Lipinski definition) is 3. The van der Waals surface area contributed by atoms with Gasteiger partial charge in [0.25, 0.3) is 0 Å². The first-order valence-corrected chi connectivity index (χ1v) is 5.53. The lowest BCUT2D eigenvalue weighted by Gasteiger charge is -2.23. The number of rotatable bonds is 4. The molecule has 1 saturated heterocycles. The van der Waals surface area contributed by atoms with Crippen LogP contribution in [0.5, 0.6) is 0 Å². The molecular weight excluding hydrogens is 177 g/mol. The maximum Gasteiger partial charge on any atom is 0.117 e. The van der Waals surface area contributed by atoms with Gasteiger partial charge in [-0.15, -0.1) is 0 Å². The molecule has 2 nitrogen and oxygen atoms in total. The highest BCUT2D eigenvalue weighted by molar-refractivity contribution is 7.99. The summed E-state index contributed by atoms with van der Waals surface area (Å²) in [7, 11) is 0. The fourth-order valence-electron chi connectivity index (χ4n) is 1.26. The number of nitrogens with one attached hydrogen (secondary N) is 1. The molecule has 2 N–H and O–H groups in total. The molecule has 0 spiro atoms. The van der Waals surface area contributed by atoms with Crippen molar-refractivity contribution in [1.82, 2.24) is 5.32 Å². The average Bonchev–Trinajstić information content (AvgIpc) is 2.16. The summed E-state index contributed by atoms with van der Waals surface area (Å²) in [5.74, 6) is 2.34. The zero-order valence-corrected chi connectivity index (χ0v) is 7.95. The maximum absolute atomic E-state index is 11.8. The molecule has 0 aromatic heterocycles. The van der Waals surface area contributed by atoms with Crippen LogP contribution in [0.1, 0.15) is 12.8 Å². The Balaban J connectivity index is 2.05. The van der Waals surface area contributed by atoms with Crippen molar-refractivity contribution in [3.8, 4) is 0 Å². The van der Waals surface area contributed by atoms with E-state index in [-0.39, 0.29) is 0 Å². The normalized spacial score (nSPS) is 27.0. The molecule has 72 valence electrons. The highest BCUT2D eigenvalue weighted by atomic mass is 32.2. The second-order valence-corrected chi connectivity index (χ2v) is 4.28. The Kier molecular flexibility index (Phi) is 4.95. The van der Waals surface area contributed by atoms with Gasteiger partial charge in [-0.2, -0.15) is 11.8 Å². The van der Waals surface area contributed by atoms with Crippen LogP contribution in [0.15, 0.2) is 0 Å². The molecule has 1 aliphatic heterocycles. The lowest BCUT2D eigenvalue weighted by Crippen LogP contribution is -2.39. The maximum atomic E-state index is 11.8. The van der Waals surface area contributed by atoms with Crippen LogP contribution in [-0.2, 0) is 0 Å². The second kappa shape index (κ2) is 5.78. The Labute approximate surface area is 76.9 Å². The summed E-state index contributed by atoms with van der Waals surface area (Å²) in [5.41, 5.74) is 0. The molecule has 0 aliphatic carbocycles. The van der Waals surface area contributed by atoms with Crippen LogP contribution in [0.4, 0.5) is 4.39 Å². The number of alkyl halides is 1. The van der Waals surface area contributed by atoms with Gasteiger partial charge in [0.05, 0.1) is 6.10 Å². The highest BCUT2D eigenvalue weighted by Gasteiger charge is 2.14. The van der Waals surface area contributed by atoms with Crippen molar-refractivity contribution in [2.45, 2.75) is 25.0 Å². The van der Waals surface area contributed by atoms with Gasteiger partial charge in [-0.3, -0.25) is 0 Å². The van der Waals surface area contributed by atoms with Crippen molar-refractivity contribution in [3.63, 3.8) is 0 Å². The Morgan fingerprint density at radius 3 is 3.08 bits per heavy atom. The van der Waals surface area contributed by atoms with E-state index >= 15 is 0 Å². The zero-order chi connectivity index (χ0) is 8.81. The molecule has 1 fully saturated rings. The van der Waals surface area contributed by atoms with E-state index in [1.165, 1.54) is 12.2 Å². The van der Waals surface area contributed by atoms with E-state index < -0.39 is 12.8 Å². The SMILES string of the molecule is OC(CF)CNC1CCCSC1. The van der Waals surface area contributed by atoms with Crippen LogP contribution in [-0.4, -0.2) is 42.0 Å². The van der Waals surface area contributed by atoms with Crippen molar-refractivity contribution in [2.24, 2.45) is 0 Å². The minimum atomic E-state index is -0.822. The molecule has 4 heteroatoms. The third-order valence-corrected chi connectivity index (χ3v) is 3.20. The van der Waals surface area contributed by atoms with Crippen LogP contribution in [0, 0.1) is 0 Å². The summed E-state index contributed by atoms with van der Waals surface area (Å²) in [6.45, 7) is -0.255. The quantitative estimate of drug-likeness (QED) is 0.693. The molecule has 0 radical (unpaired) electrons. The molecule has 0 bridgehead atoms. The summed E-state index contributed by atoms with van der Waals surface area (Å²) in [6, 6.07) is 0.477. The zero-order valence-electron chi connectivity index (χ0n) is 7.13. The molecule has 0 aromatic rings. The van der Waals surface area contributed by atoms with Crippen molar-refractivity contribution in [2.75, 3.05) is 24.7 Å². The predicted molar refractivity (Wildman–Crippen MR) is 50.3 cm³/mol. The van der Waals surface area contributed by atoms with Crippen molar-refractivity contribution >= 4 is 11.8 Å². The van der Waals surface area contributed by atoms with Crippen LogP contribution in [0.3, 0.4) is 0 Å². The van der Waals surface area contributed by atoms with Gasteiger partial charge in [0.2, 0.25) is 0 Å². The van der Waals surface area contributed by atoms with E-state index in [0.29, 0.717) is 12.6 Å². The molecule has 0 amide bonds. The Morgan fingerprint density at radius 2 is 2.50 bits per heavy atom. The largest absolute Gasteiger partial charge is 0.389 e. The van der Waals surface area contributed by atoms with Crippen LogP contribution >= 0.6 is 11.8 Å². The Morgan fingerprint density at radius 1 is 1.67 bits per heavy atom. The summed E-state index contributed by atoms with van der Waals surface area (Å²) >= 11 is 1.92. The van der Waals surface area contributed by atoms with E-state index in [2.05, 4.69) is 5.32 Å². The molecule has 2 atom stereocenters. The third-order valence-electron chi connectivity index (χ3n) is 1.98. The third kappa shape index (κ3) is 3.74. The van der Waals surface area contributed by atoms with E-state index in [1.807, 2.05) is 11.8 Å². The van der Waals surface area contributed by atoms with E-state index in [1.54, 1.807) is 0 Å². The topological polar surface area (TPSA) is 32.3 Å². The fraction of sp³-hybridized carbons (Fsp3) is 1.00. The number of thioether (sulfide) groups is 1. The molecule has 12 heavy (non-hydrogen) atoms. The van der Waals surface area contributed by atoms with Gasteiger partial charge in [0, 0.05) is 18.3 Å². The van der Waals surface area contributed by atoms with Gasteiger partial charge in [-0.05, 0) is 18.6 Å². The fourth-order valence-corrected chi connectivity index (χ4v) is 2.37. The van der Waals surface area contributed by atoms with Crippen LogP contribution in [0.25, 0.3) is 0 Å². The van der Waals surface area contributed by atoms with Gasteiger partial charge >= 0.3 is 0 Å². The van der Waals surface area contributed by atoms with Gasteiger partial charge in [0.1, 0.15) is 6.67 Å². The first kappa shape index (κ1) is 10.3. The molecule has 1 heterocycles. The molecule has 2 unspecified atom stereocenters. The van der Waals surface area contributed by atoms with E-state index in [4.69, 9.17) is 5.11 Å². The molecular formula is C8H16FNOS. The van der Waals surface area contributed by atoms with Crippen LogP contribution < -0.4 is 5.32 Å². The first-order valence-electron chi connectivity index (χ1n) is 4.38. The first-order chi connectivity index (χ1) is 5.83. The number of aliphatic hydroxyl groups excluding tert-OH is 1.